The minimum absolute atomic E-state index is 0.150. The molecule has 26 heavy (non-hydrogen) atoms. The van der Waals surface area contributed by atoms with E-state index < -0.39 is 6.03 Å². The van der Waals surface area contributed by atoms with Crippen LogP contribution in [0.5, 0.6) is 0 Å². The molecule has 0 atom stereocenters. The van der Waals surface area contributed by atoms with Gasteiger partial charge in [-0.1, -0.05) is 18.2 Å². The molecule has 4 N–H and O–H groups in total. The molecule has 1 aliphatic rings. The van der Waals surface area contributed by atoms with Crippen LogP contribution in [0.15, 0.2) is 35.7 Å². The van der Waals surface area contributed by atoms with Crippen molar-refractivity contribution in [2.75, 3.05) is 19.4 Å². The number of hydrogen-bond acceptors (Lipinski definition) is 6. The molecule has 1 aliphatic carbocycles. The van der Waals surface area contributed by atoms with Gasteiger partial charge in [-0.05, 0) is 17.5 Å². The van der Waals surface area contributed by atoms with E-state index in [0.29, 0.717) is 33.8 Å². The van der Waals surface area contributed by atoms with Gasteiger partial charge in [-0.2, -0.15) is 10.2 Å². The summed E-state index contributed by atoms with van der Waals surface area (Å²) in [5, 5.41) is 13.2. The predicted octanol–water partition coefficient (Wildman–Crippen LogP) is 2.45. The molecule has 2 aromatic heterocycles. The van der Waals surface area contributed by atoms with Crippen LogP contribution in [0.1, 0.15) is 15.9 Å². The highest BCUT2D eigenvalue weighted by molar-refractivity contribution is 7.13. The smallest absolute Gasteiger partial charge is 0.305 e. The third-order valence-corrected chi connectivity index (χ3v) is 5.09. The summed E-state index contributed by atoms with van der Waals surface area (Å²) in [6, 6.07) is 8.77. The lowest BCUT2D eigenvalue weighted by Crippen LogP contribution is -2.50. The SMILES string of the molecule is CNN(NC)C(=O)Nc1cccc2c1C(=O)c1c-2n[nH]c1-c1cccs1. The van der Waals surface area contributed by atoms with E-state index in [2.05, 4.69) is 26.4 Å². The lowest BCUT2D eigenvalue weighted by atomic mass is 10.1. The summed E-state index contributed by atoms with van der Waals surface area (Å²) in [6.45, 7) is 0. The Bertz CT molecular complexity index is 991. The van der Waals surface area contributed by atoms with Crippen LogP contribution in [0.25, 0.3) is 21.8 Å². The predicted molar refractivity (Wildman–Crippen MR) is 99.7 cm³/mol. The normalized spacial score (nSPS) is 12.0. The summed E-state index contributed by atoms with van der Waals surface area (Å²) in [6.07, 6.45) is 0. The number of nitrogens with zero attached hydrogens (tertiary/aromatic N) is 2. The van der Waals surface area contributed by atoms with E-state index in [1.807, 2.05) is 23.6 Å². The molecule has 8 nitrogen and oxygen atoms in total. The highest BCUT2D eigenvalue weighted by atomic mass is 32.1. The number of carbonyl (C=O) groups is 2. The molecule has 0 unspecified atom stereocenters. The van der Waals surface area contributed by atoms with Gasteiger partial charge < -0.3 is 5.32 Å². The van der Waals surface area contributed by atoms with E-state index in [9.17, 15) is 9.59 Å². The Morgan fingerprint density at radius 2 is 1.96 bits per heavy atom. The number of anilines is 1. The van der Waals surface area contributed by atoms with Gasteiger partial charge in [-0.15, -0.1) is 11.3 Å². The number of nitrogens with one attached hydrogen (secondary N) is 4. The minimum Gasteiger partial charge on any atom is -0.305 e. The number of carbonyl (C=O) groups excluding carboxylic acids is 2. The first kappa shape index (κ1) is 16.5. The summed E-state index contributed by atoms with van der Waals surface area (Å²) < 4.78 is 0. The van der Waals surface area contributed by atoms with Crippen molar-refractivity contribution in [3.8, 4) is 21.8 Å². The monoisotopic (exact) mass is 368 g/mol. The summed E-state index contributed by atoms with van der Waals surface area (Å²) in [4.78, 5) is 26.4. The number of ketones is 1. The number of H-pyrrole nitrogens is 1. The van der Waals surface area contributed by atoms with Crippen molar-refractivity contribution in [2.24, 2.45) is 0 Å². The van der Waals surface area contributed by atoms with Crippen molar-refractivity contribution >= 4 is 28.8 Å². The molecule has 2 heterocycles. The fraction of sp³-hybridized carbons (Fsp3) is 0.118. The Hall–Kier alpha value is -3.01. The maximum atomic E-state index is 13.1. The Labute approximate surface area is 153 Å². The fourth-order valence-corrected chi connectivity index (χ4v) is 3.79. The van der Waals surface area contributed by atoms with Gasteiger partial charge in [0, 0.05) is 19.7 Å². The number of fused-ring (bicyclic) bond motifs is 3. The van der Waals surface area contributed by atoms with Crippen molar-refractivity contribution in [3.63, 3.8) is 0 Å². The Kier molecular flexibility index (Phi) is 4.03. The number of rotatable bonds is 4. The van der Waals surface area contributed by atoms with Crippen molar-refractivity contribution in [1.82, 2.24) is 26.2 Å². The van der Waals surface area contributed by atoms with E-state index in [1.54, 1.807) is 26.2 Å². The van der Waals surface area contributed by atoms with E-state index in [0.717, 1.165) is 4.88 Å². The lowest BCUT2D eigenvalue weighted by Gasteiger charge is -2.20. The molecule has 3 aromatic rings. The molecule has 0 fully saturated rings. The van der Waals surface area contributed by atoms with Crippen LogP contribution in [0.2, 0.25) is 0 Å². The zero-order valence-corrected chi connectivity index (χ0v) is 14.9. The van der Waals surface area contributed by atoms with Crippen LogP contribution in [0, 0.1) is 0 Å². The average molecular weight is 368 g/mol. The number of benzene rings is 1. The number of hydrazine groups is 2. The molecule has 1 aromatic carbocycles. The number of urea groups is 1. The zero-order chi connectivity index (χ0) is 18.3. The molecular formula is C17H16N6O2S. The number of amides is 2. The van der Waals surface area contributed by atoms with Crippen LogP contribution < -0.4 is 16.2 Å². The largest absolute Gasteiger partial charge is 0.351 e. The number of aromatic nitrogens is 2. The van der Waals surface area contributed by atoms with E-state index in [4.69, 9.17) is 0 Å². The van der Waals surface area contributed by atoms with Gasteiger partial charge in [-0.3, -0.25) is 9.89 Å². The minimum atomic E-state index is -0.430. The molecule has 132 valence electrons. The number of aromatic amines is 1. The van der Waals surface area contributed by atoms with E-state index in [-0.39, 0.29) is 5.78 Å². The summed E-state index contributed by atoms with van der Waals surface area (Å²) in [5.41, 5.74) is 8.88. The Morgan fingerprint density at radius 1 is 1.15 bits per heavy atom. The second-order valence-corrected chi connectivity index (χ2v) is 6.52. The summed E-state index contributed by atoms with van der Waals surface area (Å²) in [7, 11) is 3.22. The van der Waals surface area contributed by atoms with Gasteiger partial charge in [-0.25, -0.2) is 15.6 Å². The molecule has 0 bridgehead atoms. The van der Waals surface area contributed by atoms with Gasteiger partial charge in [0.15, 0.2) is 5.78 Å². The van der Waals surface area contributed by atoms with Crippen molar-refractivity contribution in [3.05, 3.63) is 46.8 Å². The first-order valence-electron chi connectivity index (χ1n) is 7.92. The Morgan fingerprint density at radius 3 is 2.65 bits per heavy atom. The standard InChI is InChI=1S/C17H16N6O2S/c1-18-23(19-2)17(25)20-10-6-3-5-9-12(10)16(24)13-14(9)21-22-15(13)11-7-4-8-26-11/h3-8,18-19H,1-2H3,(H,20,25)(H,21,22). The maximum absolute atomic E-state index is 13.1. The van der Waals surface area contributed by atoms with Crippen molar-refractivity contribution in [1.29, 1.82) is 0 Å². The maximum Gasteiger partial charge on any atom is 0.351 e. The van der Waals surface area contributed by atoms with Gasteiger partial charge in [0.2, 0.25) is 0 Å². The second-order valence-electron chi connectivity index (χ2n) is 5.57. The first-order chi connectivity index (χ1) is 12.7. The third kappa shape index (κ3) is 2.41. The molecule has 0 spiro atoms. The molecular weight excluding hydrogens is 352 g/mol. The highest BCUT2D eigenvalue weighted by Crippen LogP contribution is 2.43. The molecule has 0 saturated heterocycles. The lowest BCUT2D eigenvalue weighted by molar-refractivity contribution is 0.104. The van der Waals surface area contributed by atoms with Crippen molar-refractivity contribution < 1.29 is 9.59 Å². The molecule has 9 heteroatoms. The topological polar surface area (TPSA) is 102 Å². The average Bonchev–Trinajstić information content (AvgIpc) is 3.35. The van der Waals surface area contributed by atoms with E-state index >= 15 is 0 Å². The van der Waals surface area contributed by atoms with Gasteiger partial charge in [0.25, 0.3) is 0 Å². The fourth-order valence-electron chi connectivity index (χ4n) is 3.07. The number of thiophene rings is 1. The van der Waals surface area contributed by atoms with Gasteiger partial charge in [0.1, 0.15) is 5.69 Å². The van der Waals surface area contributed by atoms with Crippen LogP contribution in [0.3, 0.4) is 0 Å². The molecule has 0 radical (unpaired) electrons. The zero-order valence-electron chi connectivity index (χ0n) is 14.1. The second kappa shape index (κ2) is 6.37. The van der Waals surface area contributed by atoms with Crippen LogP contribution >= 0.6 is 11.3 Å². The molecule has 0 aliphatic heterocycles. The highest BCUT2D eigenvalue weighted by Gasteiger charge is 2.35. The summed E-state index contributed by atoms with van der Waals surface area (Å²) >= 11 is 1.54. The van der Waals surface area contributed by atoms with Crippen LogP contribution in [-0.4, -0.2) is 41.2 Å². The quantitative estimate of drug-likeness (QED) is 0.415. The number of hydrogen-bond donors (Lipinski definition) is 4. The van der Waals surface area contributed by atoms with Crippen LogP contribution in [0.4, 0.5) is 10.5 Å². The third-order valence-electron chi connectivity index (χ3n) is 4.20. The molecule has 0 saturated carbocycles. The van der Waals surface area contributed by atoms with Crippen molar-refractivity contribution in [2.45, 2.75) is 0 Å². The first-order valence-corrected chi connectivity index (χ1v) is 8.80. The molecule has 4 rings (SSSR count). The van der Waals surface area contributed by atoms with Crippen LogP contribution in [-0.2, 0) is 0 Å². The molecule has 2 amide bonds. The van der Waals surface area contributed by atoms with E-state index in [1.165, 1.54) is 16.5 Å². The Balaban J connectivity index is 1.75. The van der Waals surface area contributed by atoms with Gasteiger partial charge >= 0.3 is 6.03 Å². The van der Waals surface area contributed by atoms with Gasteiger partial charge in [0.05, 0.1) is 27.4 Å². The summed E-state index contributed by atoms with van der Waals surface area (Å²) in [5.74, 6) is -0.150.